The summed E-state index contributed by atoms with van der Waals surface area (Å²) in [6.45, 7) is 6.79. The second-order valence-electron chi connectivity index (χ2n) is 7.89. The van der Waals surface area contributed by atoms with Crippen LogP contribution >= 0.6 is 0 Å². The zero-order chi connectivity index (χ0) is 21.1. The van der Waals surface area contributed by atoms with Crippen LogP contribution in [0, 0.1) is 5.82 Å². The van der Waals surface area contributed by atoms with Crippen LogP contribution in [0.2, 0.25) is 0 Å². The Kier molecular flexibility index (Phi) is 5.95. The number of hydrogen-bond acceptors (Lipinski definition) is 3. The molecule has 30 heavy (non-hydrogen) atoms. The molecule has 2 aromatic carbocycles. The van der Waals surface area contributed by atoms with E-state index in [9.17, 15) is 9.18 Å². The van der Waals surface area contributed by atoms with E-state index < -0.39 is 0 Å². The lowest BCUT2D eigenvalue weighted by molar-refractivity contribution is -0.134. The van der Waals surface area contributed by atoms with Crippen LogP contribution in [0.25, 0.3) is 0 Å². The molecular weight excluding hydrogens is 379 g/mol. The Morgan fingerprint density at radius 1 is 1.13 bits per heavy atom. The Morgan fingerprint density at radius 3 is 2.57 bits per heavy atom. The maximum absolute atomic E-state index is 13.3. The largest absolute Gasteiger partial charge is 0.333 e. The molecular formula is C24H27FN4O. The molecule has 0 bridgehead atoms. The van der Waals surface area contributed by atoms with Crippen molar-refractivity contribution in [1.29, 1.82) is 0 Å². The predicted molar refractivity (Wildman–Crippen MR) is 114 cm³/mol. The highest BCUT2D eigenvalue weighted by Crippen LogP contribution is 2.27. The van der Waals surface area contributed by atoms with Crippen molar-refractivity contribution in [2.75, 3.05) is 19.6 Å². The summed E-state index contributed by atoms with van der Waals surface area (Å²) in [4.78, 5) is 20.9. The second-order valence-corrected chi connectivity index (χ2v) is 7.89. The van der Waals surface area contributed by atoms with E-state index in [1.165, 1.54) is 12.1 Å². The molecule has 0 radical (unpaired) electrons. The van der Waals surface area contributed by atoms with Gasteiger partial charge < -0.3 is 9.47 Å². The normalized spacial score (nSPS) is 18.4. The Labute approximate surface area is 176 Å². The Balaban J connectivity index is 1.52. The van der Waals surface area contributed by atoms with Crippen LogP contribution in [0.3, 0.4) is 0 Å². The summed E-state index contributed by atoms with van der Waals surface area (Å²) in [5.74, 6) is -0.120. The van der Waals surface area contributed by atoms with Gasteiger partial charge >= 0.3 is 0 Å². The van der Waals surface area contributed by atoms with E-state index >= 15 is 0 Å². The van der Waals surface area contributed by atoms with E-state index in [0.717, 1.165) is 36.5 Å². The summed E-state index contributed by atoms with van der Waals surface area (Å²) in [6.07, 6.45) is 3.73. The number of carbonyl (C=O) groups is 1. The third kappa shape index (κ3) is 4.28. The average Bonchev–Trinajstić information content (AvgIpc) is 3.22. The summed E-state index contributed by atoms with van der Waals surface area (Å²) in [5.41, 5.74) is 3.31. The Bertz CT molecular complexity index is 986. The third-order valence-electron chi connectivity index (χ3n) is 5.95. The zero-order valence-corrected chi connectivity index (χ0v) is 17.4. The molecule has 1 fully saturated rings. The molecule has 156 valence electrons. The van der Waals surface area contributed by atoms with Crippen molar-refractivity contribution in [3.05, 3.63) is 89.8 Å². The van der Waals surface area contributed by atoms with Gasteiger partial charge in [-0.3, -0.25) is 9.69 Å². The number of halogens is 1. The van der Waals surface area contributed by atoms with E-state index in [-0.39, 0.29) is 23.8 Å². The number of imidazole rings is 1. The van der Waals surface area contributed by atoms with E-state index in [0.29, 0.717) is 6.54 Å². The lowest BCUT2D eigenvalue weighted by Crippen LogP contribution is -2.49. The number of amides is 1. The fraction of sp³-hybridized carbons (Fsp3) is 0.333. The van der Waals surface area contributed by atoms with E-state index in [2.05, 4.69) is 33.5 Å². The molecule has 1 aliphatic heterocycles. The molecule has 2 heterocycles. The standard InChI is InChI=1S/C24H27FN4O/c1-18(20-8-10-22(25)11-9-20)29-17-26-14-23(29)15-27-12-13-28(19(2)30)24(16-27)21-6-4-3-5-7-21/h3-11,14,17-18,24H,12-13,15-16H2,1-2H3. The van der Waals surface area contributed by atoms with E-state index in [4.69, 9.17) is 0 Å². The van der Waals surface area contributed by atoms with Gasteiger partial charge in [-0.25, -0.2) is 9.37 Å². The van der Waals surface area contributed by atoms with Crippen molar-refractivity contribution in [2.24, 2.45) is 0 Å². The van der Waals surface area contributed by atoms with Crippen molar-refractivity contribution >= 4 is 5.91 Å². The first kappa shape index (κ1) is 20.3. The Hall–Kier alpha value is -2.99. The monoisotopic (exact) mass is 406 g/mol. The van der Waals surface area contributed by atoms with Crippen LogP contribution in [-0.2, 0) is 11.3 Å². The molecule has 1 amide bonds. The quantitative estimate of drug-likeness (QED) is 0.642. The number of rotatable bonds is 5. The van der Waals surface area contributed by atoms with Gasteiger partial charge in [0.05, 0.1) is 24.1 Å². The smallest absolute Gasteiger partial charge is 0.220 e. The first-order valence-corrected chi connectivity index (χ1v) is 10.3. The van der Waals surface area contributed by atoms with Crippen LogP contribution in [-0.4, -0.2) is 44.9 Å². The Morgan fingerprint density at radius 2 is 1.87 bits per heavy atom. The van der Waals surface area contributed by atoms with Gasteiger partial charge in [-0.15, -0.1) is 0 Å². The summed E-state index contributed by atoms with van der Waals surface area (Å²) in [7, 11) is 0. The van der Waals surface area contributed by atoms with E-state index in [1.54, 1.807) is 6.92 Å². The lowest BCUT2D eigenvalue weighted by Gasteiger charge is -2.41. The fourth-order valence-electron chi connectivity index (χ4n) is 4.25. The second kappa shape index (κ2) is 8.79. The zero-order valence-electron chi connectivity index (χ0n) is 17.4. The first-order valence-electron chi connectivity index (χ1n) is 10.3. The molecule has 1 aromatic heterocycles. The number of hydrogen-bond donors (Lipinski definition) is 0. The minimum absolute atomic E-state index is 0.0448. The van der Waals surface area contributed by atoms with Gasteiger partial charge in [0.25, 0.3) is 0 Å². The van der Waals surface area contributed by atoms with Crippen LogP contribution in [0.5, 0.6) is 0 Å². The number of nitrogens with zero attached hydrogens (tertiary/aromatic N) is 4. The van der Waals surface area contributed by atoms with Gasteiger partial charge in [0.1, 0.15) is 5.82 Å². The SMILES string of the molecule is CC(=O)N1CCN(Cc2cncn2C(C)c2ccc(F)cc2)CC1c1ccccc1. The minimum Gasteiger partial charge on any atom is -0.333 e. The van der Waals surface area contributed by atoms with Gasteiger partial charge in [-0.05, 0) is 30.2 Å². The highest BCUT2D eigenvalue weighted by Gasteiger charge is 2.30. The van der Waals surface area contributed by atoms with Gasteiger partial charge in [0.15, 0.2) is 0 Å². The molecule has 6 heteroatoms. The molecule has 0 aliphatic carbocycles. The number of benzene rings is 2. The predicted octanol–water partition coefficient (Wildman–Crippen LogP) is 4.04. The van der Waals surface area contributed by atoms with Gasteiger partial charge in [0, 0.05) is 39.3 Å². The van der Waals surface area contributed by atoms with Gasteiger partial charge in [0.2, 0.25) is 5.91 Å². The first-order chi connectivity index (χ1) is 14.5. The average molecular weight is 407 g/mol. The molecule has 0 spiro atoms. The summed E-state index contributed by atoms with van der Waals surface area (Å²) >= 11 is 0. The maximum atomic E-state index is 13.3. The minimum atomic E-state index is -0.230. The topological polar surface area (TPSA) is 41.4 Å². The summed E-state index contributed by atoms with van der Waals surface area (Å²) < 4.78 is 15.4. The number of carbonyl (C=O) groups excluding carboxylic acids is 1. The molecule has 1 saturated heterocycles. The van der Waals surface area contributed by atoms with Crippen molar-refractivity contribution in [3.63, 3.8) is 0 Å². The molecule has 1 aliphatic rings. The molecule has 0 saturated carbocycles. The van der Waals surface area contributed by atoms with Crippen LogP contribution < -0.4 is 0 Å². The number of piperazine rings is 1. The van der Waals surface area contributed by atoms with Crippen LogP contribution in [0.1, 0.15) is 42.8 Å². The van der Waals surface area contributed by atoms with Crippen molar-refractivity contribution in [3.8, 4) is 0 Å². The molecule has 3 aromatic rings. The lowest BCUT2D eigenvalue weighted by atomic mass is 10.0. The van der Waals surface area contributed by atoms with Crippen molar-refractivity contribution < 1.29 is 9.18 Å². The van der Waals surface area contributed by atoms with Crippen LogP contribution in [0.4, 0.5) is 4.39 Å². The fourth-order valence-corrected chi connectivity index (χ4v) is 4.25. The van der Waals surface area contributed by atoms with Crippen LogP contribution in [0.15, 0.2) is 67.1 Å². The number of aromatic nitrogens is 2. The molecule has 0 N–H and O–H groups in total. The van der Waals surface area contributed by atoms with Crippen molar-refractivity contribution in [2.45, 2.75) is 32.5 Å². The van der Waals surface area contributed by atoms with Crippen molar-refractivity contribution in [1.82, 2.24) is 19.4 Å². The molecule has 4 rings (SSSR count). The summed E-state index contributed by atoms with van der Waals surface area (Å²) in [5, 5.41) is 0. The molecule has 5 nitrogen and oxygen atoms in total. The molecule has 2 atom stereocenters. The molecule has 2 unspecified atom stereocenters. The summed E-state index contributed by atoms with van der Waals surface area (Å²) in [6, 6.07) is 16.9. The van der Waals surface area contributed by atoms with Gasteiger partial charge in [-0.2, -0.15) is 0 Å². The van der Waals surface area contributed by atoms with Gasteiger partial charge in [-0.1, -0.05) is 42.5 Å². The maximum Gasteiger partial charge on any atom is 0.220 e. The third-order valence-corrected chi connectivity index (χ3v) is 5.95. The van der Waals surface area contributed by atoms with E-state index in [1.807, 2.05) is 47.8 Å². The highest BCUT2D eigenvalue weighted by atomic mass is 19.1. The highest BCUT2D eigenvalue weighted by molar-refractivity contribution is 5.74.